The fourth-order valence-electron chi connectivity index (χ4n) is 1.69. The standard InChI is InChI=1S/C11H14N4O2/c1-7-9(5-15(2)14-7)11-12-8(6-17-3)4-10(16)13-11/h4-5H,6H2,1-3H3,(H,12,13,16). The fourth-order valence-corrected chi connectivity index (χ4v) is 1.69. The fraction of sp³-hybridized carbons (Fsp3) is 0.364. The monoisotopic (exact) mass is 234 g/mol. The largest absolute Gasteiger partial charge is 0.378 e. The molecule has 0 aliphatic carbocycles. The summed E-state index contributed by atoms with van der Waals surface area (Å²) in [5, 5.41) is 4.22. The lowest BCUT2D eigenvalue weighted by atomic mass is 10.2. The van der Waals surface area contributed by atoms with E-state index >= 15 is 0 Å². The first kappa shape index (κ1) is 11.5. The van der Waals surface area contributed by atoms with Crippen LogP contribution in [-0.4, -0.2) is 26.9 Å². The molecule has 2 heterocycles. The van der Waals surface area contributed by atoms with Gasteiger partial charge in [-0.25, -0.2) is 4.98 Å². The average molecular weight is 234 g/mol. The summed E-state index contributed by atoms with van der Waals surface area (Å²) in [6, 6.07) is 1.43. The number of nitrogens with one attached hydrogen (secondary N) is 1. The van der Waals surface area contributed by atoms with Crippen molar-refractivity contribution in [2.45, 2.75) is 13.5 Å². The summed E-state index contributed by atoms with van der Waals surface area (Å²) in [6.07, 6.45) is 1.82. The van der Waals surface area contributed by atoms with E-state index in [4.69, 9.17) is 4.74 Å². The molecular weight excluding hydrogens is 220 g/mol. The van der Waals surface area contributed by atoms with Crippen LogP contribution in [0.25, 0.3) is 11.4 Å². The van der Waals surface area contributed by atoms with Gasteiger partial charge in [0.1, 0.15) is 5.82 Å². The van der Waals surface area contributed by atoms with Gasteiger partial charge in [0.25, 0.3) is 5.56 Å². The Morgan fingerprint density at radius 1 is 1.53 bits per heavy atom. The summed E-state index contributed by atoms with van der Waals surface area (Å²) in [7, 11) is 3.39. The van der Waals surface area contributed by atoms with Gasteiger partial charge in [-0.3, -0.25) is 9.48 Å². The first-order valence-corrected chi connectivity index (χ1v) is 5.20. The number of nitrogens with zero attached hydrogens (tertiary/aromatic N) is 3. The Labute approximate surface area is 98.3 Å². The van der Waals surface area contributed by atoms with Crippen molar-refractivity contribution in [3.05, 3.63) is 34.0 Å². The molecule has 0 aliphatic rings. The maximum absolute atomic E-state index is 11.5. The molecule has 1 N–H and O–H groups in total. The van der Waals surface area contributed by atoms with E-state index < -0.39 is 0 Å². The smallest absolute Gasteiger partial charge is 0.251 e. The molecule has 6 nitrogen and oxygen atoms in total. The number of rotatable bonds is 3. The van der Waals surface area contributed by atoms with Crippen molar-refractivity contribution in [1.82, 2.24) is 19.7 Å². The zero-order chi connectivity index (χ0) is 12.4. The molecular formula is C11H14N4O2. The lowest BCUT2D eigenvalue weighted by Crippen LogP contribution is -2.11. The van der Waals surface area contributed by atoms with Gasteiger partial charge in [-0.05, 0) is 6.92 Å². The average Bonchev–Trinajstić information content (AvgIpc) is 2.57. The molecule has 0 atom stereocenters. The van der Waals surface area contributed by atoms with Gasteiger partial charge in [0.2, 0.25) is 0 Å². The van der Waals surface area contributed by atoms with Crippen LogP contribution in [0.4, 0.5) is 0 Å². The van der Waals surface area contributed by atoms with Crippen molar-refractivity contribution in [1.29, 1.82) is 0 Å². The van der Waals surface area contributed by atoms with E-state index in [0.717, 1.165) is 11.3 Å². The molecule has 6 heteroatoms. The summed E-state index contributed by atoms with van der Waals surface area (Å²) in [6.45, 7) is 2.19. The van der Waals surface area contributed by atoms with Crippen LogP contribution in [-0.2, 0) is 18.4 Å². The van der Waals surface area contributed by atoms with Crippen LogP contribution in [0.15, 0.2) is 17.1 Å². The van der Waals surface area contributed by atoms with Crippen LogP contribution in [0.1, 0.15) is 11.4 Å². The van der Waals surface area contributed by atoms with Gasteiger partial charge in [-0.15, -0.1) is 0 Å². The maximum Gasteiger partial charge on any atom is 0.251 e. The molecule has 0 saturated carbocycles. The predicted octanol–water partition coefficient (Wildman–Crippen LogP) is 0.625. The van der Waals surface area contributed by atoms with E-state index in [-0.39, 0.29) is 5.56 Å². The molecule has 0 spiro atoms. The highest BCUT2D eigenvalue weighted by molar-refractivity contribution is 5.56. The van der Waals surface area contributed by atoms with Crippen LogP contribution in [0.3, 0.4) is 0 Å². The van der Waals surface area contributed by atoms with E-state index in [0.29, 0.717) is 18.1 Å². The summed E-state index contributed by atoms with van der Waals surface area (Å²) in [5.74, 6) is 0.523. The van der Waals surface area contributed by atoms with Gasteiger partial charge in [-0.1, -0.05) is 0 Å². The third-order valence-corrected chi connectivity index (χ3v) is 2.36. The molecule has 0 radical (unpaired) electrons. The van der Waals surface area contributed by atoms with Crippen LogP contribution in [0.2, 0.25) is 0 Å². The van der Waals surface area contributed by atoms with Crippen molar-refractivity contribution >= 4 is 0 Å². The number of methoxy groups -OCH3 is 1. The Morgan fingerprint density at radius 2 is 2.29 bits per heavy atom. The normalized spacial score (nSPS) is 10.8. The molecule has 0 bridgehead atoms. The molecule has 0 aliphatic heterocycles. The minimum absolute atomic E-state index is 0.190. The van der Waals surface area contributed by atoms with Gasteiger partial charge in [-0.2, -0.15) is 5.10 Å². The lowest BCUT2D eigenvalue weighted by molar-refractivity contribution is 0.181. The van der Waals surface area contributed by atoms with E-state index in [1.54, 1.807) is 11.8 Å². The number of aromatic nitrogens is 4. The Balaban J connectivity index is 2.51. The van der Waals surface area contributed by atoms with Crippen LogP contribution >= 0.6 is 0 Å². The highest BCUT2D eigenvalue weighted by Crippen LogP contribution is 2.16. The molecule has 90 valence electrons. The van der Waals surface area contributed by atoms with Crippen molar-refractivity contribution in [2.75, 3.05) is 7.11 Å². The summed E-state index contributed by atoms with van der Waals surface area (Å²) < 4.78 is 6.66. The summed E-state index contributed by atoms with van der Waals surface area (Å²) >= 11 is 0. The third-order valence-electron chi connectivity index (χ3n) is 2.36. The van der Waals surface area contributed by atoms with Gasteiger partial charge in [0.15, 0.2) is 0 Å². The number of hydrogen-bond acceptors (Lipinski definition) is 4. The highest BCUT2D eigenvalue weighted by atomic mass is 16.5. The molecule has 17 heavy (non-hydrogen) atoms. The third kappa shape index (κ3) is 2.42. The summed E-state index contributed by atoms with van der Waals surface area (Å²) in [4.78, 5) is 18.5. The highest BCUT2D eigenvalue weighted by Gasteiger charge is 2.09. The SMILES string of the molecule is COCc1cc(=O)[nH]c(-c2cn(C)nc2C)n1. The van der Waals surface area contributed by atoms with Crippen molar-refractivity contribution in [3.8, 4) is 11.4 Å². The number of H-pyrrole nitrogens is 1. The first-order valence-electron chi connectivity index (χ1n) is 5.20. The second-order valence-corrected chi connectivity index (χ2v) is 3.82. The zero-order valence-corrected chi connectivity index (χ0v) is 10.0. The Morgan fingerprint density at radius 3 is 2.88 bits per heavy atom. The molecule has 0 aromatic carbocycles. The minimum atomic E-state index is -0.190. The molecule has 0 saturated heterocycles. The number of aryl methyl sites for hydroxylation is 2. The quantitative estimate of drug-likeness (QED) is 0.845. The van der Waals surface area contributed by atoms with E-state index in [9.17, 15) is 4.79 Å². The Kier molecular flexibility index (Phi) is 3.06. The minimum Gasteiger partial charge on any atom is -0.378 e. The topological polar surface area (TPSA) is 72.8 Å². The second kappa shape index (κ2) is 4.50. The number of ether oxygens (including phenoxy) is 1. The van der Waals surface area contributed by atoms with Gasteiger partial charge < -0.3 is 9.72 Å². The van der Waals surface area contributed by atoms with Gasteiger partial charge in [0.05, 0.1) is 23.6 Å². The van der Waals surface area contributed by atoms with E-state index in [2.05, 4.69) is 15.1 Å². The zero-order valence-electron chi connectivity index (χ0n) is 10.0. The molecule has 0 fully saturated rings. The van der Waals surface area contributed by atoms with Crippen molar-refractivity contribution in [2.24, 2.45) is 7.05 Å². The summed E-state index contributed by atoms with van der Waals surface area (Å²) in [5.41, 5.74) is 2.06. The molecule has 2 rings (SSSR count). The maximum atomic E-state index is 11.5. The van der Waals surface area contributed by atoms with Crippen LogP contribution < -0.4 is 5.56 Å². The molecule has 2 aromatic rings. The number of aromatic amines is 1. The van der Waals surface area contributed by atoms with Gasteiger partial charge >= 0.3 is 0 Å². The molecule has 2 aromatic heterocycles. The predicted molar refractivity (Wildman–Crippen MR) is 62.5 cm³/mol. The Hall–Kier alpha value is -1.95. The van der Waals surface area contributed by atoms with Gasteiger partial charge in [0, 0.05) is 26.4 Å². The Bertz CT molecular complexity index is 585. The lowest BCUT2D eigenvalue weighted by Gasteiger charge is -2.02. The van der Waals surface area contributed by atoms with Crippen molar-refractivity contribution < 1.29 is 4.74 Å². The van der Waals surface area contributed by atoms with Crippen LogP contribution in [0.5, 0.6) is 0 Å². The first-order chi connectivity index (χ1) is 8.10. The molecule has 0 amide bonds. The second-order valence-electron chi connectivity index (χ2n) is 3.82. The van der Waals surface area contributed by atoms with Crippen molar-refractivity contribution in [3.63, 3.8) is 0 Å². The van der Waals surface area contributed by atoms with E-state index in [1.165, 1.54) is 6.07 Å². The number of hydrogen-bond donors (Lipinski definition) is 1. The van der Waals surface area contributed by atoms with Crippen LogP contribution in [0, 0.1) is 6.92 Å². The molecule has 0 unspecified atom stereocenters. The van der Waals surface area contributed by atoms with E-state index in [1.807, 2.05) is 20.2 Å².